The Balaban J connectivity index is 2.37. The molecule has 1 aromatic heterocycles. The molecule has 5 nitrogen and oxygen atoms in total. The lowest BCUT2D eigenvalue weighted by molar-refractivity contribution is 0.601. The van der Waals surface area contributed by atoms with Crippen molar-refractivity contribution in [3.05, 3.63) is 48.3 Å². The van der Waals surface area contributed by atoms with Gasteiger partial charge in [-0.3, -0.25) is 9.71 Å². The van der Waals surface area contributed by atoms with Gasteiger partial charge in [0, 0.05) is 18.1 Å². The first-order valence-corrected chi connectivity index (χ1v) is 6.76. The van der Waals surface area contributed by atoms with Gasteiger partial charge in [0.2, 0.25) is 0 Å². The van der Waals surface area contributed by atoms with Gasteiger partial charge in [-0.05, 0) is 36.8 Å². The number of aryl methyl sites for hydroxylation is 1. The van der Waals surface area contributed by atoms with E-state index in [4.69, 9.17) is 5.73 Å². The molecule has 3 N–H and O–H groups in total. The van der Waals surface area contributed by atoms with Gasteiger partial charge in [0.1, 0.15) is 4.90 Å². The number of nitrogens with two attached hydrogens (primary N) is 1. The normalized spacial score (nSPS) is 11.2. The molecule has 0 fully saturated rings. The maximum Gasteiger partial charge on any atom is 0.263 e. The van der Waals surface area contributed by atoms with Crippen molar-refractivity contribution in [2.75, 3.05) is 10.5 Å². The average Bonchev–Trinajstić information content (AvgIpc) is 2.35. The molecular weight excluding hydrogens is 250 g/mol. The highest BCUT2D eigenvalue weighted by atomic mass is 32.2. The number of aromatic nitrogens is 1. The molecule has 0 spiro atoms. The maximum atomic E-state index is 12.1. The summed E-state index contributed by atoms with van der Waals surface area (Å²) < 4.78 is 26.6. The number of rotatable bonds is 3. The quantitative estimate of drug-likeness (QED) is 0.826. The van der Waals surface area contributed by atoms with E-state index in [0.717, 1.165) is 5.56 Å². The summed E-state index contributed by atoms with van der Waals surface area (Å²) in [6.07, 6.45) is 2.81. The average molecular weight is 263 g/mol. The number of pyridine rings is 1. The lowest BCUT2D eigenvalue weighted by Crippen LogP contribution is -2.14. The molecule has 0 aliphatic carbocycles. The van der Waals surface area contributed by atoms with Crippen LogP contribution < -0.4 is 10.5 Å². The van der Waals surface area contributed by atoms with E-state index < -0.39 is 10.0 Å². The van der Waals surface area contributed by atoms with Gasteiger partial charge in [-0.2, -0.15) is 0 Å². The van der Waals surface area contributed by atoms with Crippen molar-refractivity contribution < 1.29 is 8.42 Å². The van der Waals surface area contributed by atoms with Gasteiger partial charge in [-0.1, -0.05) is 6.07 Å². The molecule has 18 heavy (non-hydrogen) atoms. The highest BCUT2D eigenvalue weighted by Gasteiger charge is 2.15. The van der Waals surface area contributed by atoms with Crippen molar-refractivity contribution in [3.8, 4) is 0 Å². The van der Waals surface area contributed by atoms with Crippen LogP contribution in [0.4, 0.5) is 11.4 Å². The molecule has 0 aliphatic rings. The van der Waals surface area contributed by atoms with E-state index in [0.29, 0.717) is 11.4 Å². The van der Waals surface area contributed by atoms with Crippen LogP contribution in [-0.2, 0) is 10.0 Å². The molecule has 94 valence electrons. The Morgan fingerprint density at radius 2 is 2.06 bits per heavy atom. The number of anilines is 2. The maximum absolute atomic E-state index is 12.1. The SMILES string of the molecule is Cc1ccc(N)cc1NS(=O)(=O)c1cccnc1. The summed E-state index contributed by atoms with van der Waals surface area (Å²) in [5.74, 6) is 0. The third-order valence-corrected chi connectivity index (χ3v) is 3.80. The molecule has 2 rings (SSSR count). The molecule has 0 atom stereocenters. The van der Waals surface area contributed by atoms with E-state index in [1.807, 2.05) is 0 Å². The van der Waals surface area contributed by atoms with Crippen LogP contribution in [0, 0.1) is 6.92 Å². The highest BCUT2D eigenvalue weighted by molar-refractivity contribution is 7.92. The molecule has 6 heteroatoms. The fourth-order valence-corrected chi connectivity index (χ4v) is 2.54. The first kappa shape index (κ1) is 12.4. The molecule has 1 aromatic carbocycles. The summed E-state index contributed by atoms with van der Waals surface area (Å²) >= 11 is 0. The predicted molar refractivity (Wildman–Crippen MR) is 70.6 cm³/mol. The van der Waals surface area contributed by atoms with Crippen LogP contribution >= 0.6 is 0 Å². The van der Waals surface area contributed by atoms with Gasteiger partial charge >= 0.3 is 0 Å². The number of nitrogen functional groups attached to an aromatic ring is 1. The van der Waals surface area contributed by atoms with Crippen LogP contribution in [0.5, 0.6) is 0 Å². The lowest BCUT2D eigenvalue weighted by atomic mass is 10.2. The molecule has 2 aromatic rings. The minimum Gasteiger partial charge on any atom is -0.399 e. The van der Waals surface area contributed by atoms with Crippen molar-refractivity contribution in [2.45, 2.75) is 11.8 Å². The topological polar surface area (TPSA) is 85.1 Å². The smallest absolute Gasteiger partial charge is 0.263 e. The monoisotopic (exact) mass is 263 g/mol. The van der Waals surface area contributed by atoms with E-state index >= 15 is 0 Å². The summed E-state index contributed by atoms with van der Waals surface area (Å²) in [5, 5.41) is 0. The van der Waals surface area contributed by atoms with Crippen LogP contribution in [0.3, 0.4) is 0 Å². The summed E-state index contributed by atoms with van der Waals surface area (Å²) in [4.78, 5) is 3.91. The molecule has 1 heterocycles. The minimum atomic E-state index is -3.62. The Morgan fingerprint density at radius 3 is 2.72 bits per heavy atom. The standard InChI is InChI=1S/C12H13N3O2S/c1-9-4-5-10(13)7-12(9)15-18(16,17)11-3-2-6-14-8-11/h2-8,15H,13H2,1H3. The fourth-order valence-electron chi connectivity index (χ4n) is 1.46. The van der Waals surface area contributed by atoms with E-state index in [1.165, 1.54) is 18.5 Å². The molecule has 0 unspecified atom stereocenters. The van der Waals surface area contributed by atoms with Crippen LogP contribution in [-0.4, -0.2) is 13.4 Å². The van der Waals surface area contributed by atoms with E-state index in [2.05, 4.69) is 9.71 Å². The van der Waals surface area contributed by atoms with E-state index in [1.54, 1.807) is 31.2 Å². The Kier molecular flexibility index (Phi) is 3.20. The Morgan fingerprint density at radius 1 is 1.28 bits per heavy atom. The van der Waals surface area contributed by atoms with Crippen LogP contribution in [0.25, 0.3) is 0 Å². The van der Waals surface area contributed by atoms with Gasteiger partial charge in [0.25, 0.3) is 10.0 Å². The molecule has 0 amide bonds. The second-order valence-corrected chi connectivity index (χ2v) is 5.55. The molecule has 0 saturated carbocycles. The second-order valence-electron chi connectivity index (χ2n) is 3.87. The van der Waals surface area contributed by atoms with Gasteiger partial charge in [0.05, 0.1) is 5.69 Å². The van der Waals surface area contributed by atoms with E-state index in [9.17, 15) is 8.42 Å². The van der Waals surface area contributed by atoms with Gasteiger partial charge in [-0.25, -0.2) is 8.42 Å². The number of sulfonamides is 1. The largest absolute Gasteiger partial charge is 0.399 e. The number of benzene rings is 1. The summed E-state index contributed by atoms with van der Waals surface area (Å²) in [6, 6.07) is 8.12. The minimum absolute atomic E-state index is 0.117. The van der Waals surface area contributed by atoms with Crippen molar-refractivity contribution in [2.24, 2.45) is 0 Å². The molecule has 0 radical (unpaired) electrons. The van der Waals surface area contributed by atoms with Gasteiger partial charge in [-0.15, -0.1) is 0 Å². The van der Waals surface area contributed by atoms with Gasteiger partial charge < -0.3 is 5.73 Å². The van der Waals surface area contributed by atoms with Crippen molar-refractivity contribution in [1.29, 1.82) is 0 Å². The first-order valence-electron chi connectivity index (χ1n) is 5.28. The first-order chi connectivity index (χ1) is 8.49. The van der Waals surface area contributed by atoms with Crippen LogP contribution in [0.15, 0.2) is 47.6 Å². The predicted octanol–water partition coefficient (Wildman–Crippen LogP) is 1.77. The Bertz CT molecular complexity index is 654. The van der Waals surface area contributed by atoms with Crippen molar-refractivity contribution in [1.82, 2.24) is 4.98 Å². The summed E-state index contributed by atoms with van der Waals surface area (Å²) in [5.41, 5.74) is 7.42. The zero-order chi connectivity index (χ0) is 13.2. The third-order valence-electron chi connectivity index (χ3n) is 2.45. The molecule has 0 saturated heterocycles. The summed E-state index contributed by atoms with van der Waals surface area (Å²) in [6.45, 7) is 1.81. The zero-order valence-electron chi connectivity index (χ0n) is 9.79. The van der Waals surface area contributed by atoms with E-state index in [-0.39, 0.29) is 4.90 Å². The van der Waals surface area contributed by atoms with Crippen LogP contribution in [0.1, 0.15) is 5.56 Å². The van der Waals surface area contributed by atoms with Gasteiger partial charge in [0.15, 0.2) is 0 Å². The second kappa shape index (κ2) is 4.66. The third kappa shape index (κ3) is 2.60. The van der Waals surface area contributed by atoms with Crippen molar-refractivity contribution in [3.63, 3.8) is 0 Å². The number of nitrogens with zero attached hydrogens (tertiary/aromatic N) is 1. The van der Waals surface area contributed by atoms with Crippen LogP contribution in [0.2, 0.25) is 0 Å². The molecule has 0 bridgehead atoms. The Labute approximate surface area is 106 Å². The molecule has 0 aliphatic heterocycles. The lowest BCUT2D eigenvalue weighted by Gasteiger charge is -2.10. The van der Waals surface area contributed by atoms with Crippen molar-refractivity contribution >= 4 is 21.4 Å². The number of nitrogens with one attached hydrogen (secondary N) is 1. The number of hydrogen-bond acceptors (Lipinski definition) is 4. The molecular formula is C12H13N3O2S. The fraction of sp³-hybridized carbons (Fsp3) is 0.0833. The zero-order valence-corrected chi connectivity index (χ0v) is 10.6. The Hall–Kier alpha value is -2.08. The highest BCUT2D eigenvalue weighted by Crippen LogP contribution is 2.21. The number of hydrogen-bond donors (Lipinski definition) is 2. The summed E-state index contributed by atoms with van der Waals surface area (Å²) in [7, 11) is -3.62.